The fraction of sp³-hybridized carbons (Fsp3) is 0.471. The smallest absolute Gasteiger partial charge is 0.417 e. The minimum Gasteiger partial charge on any atom is -0.481 e. The molecule has 0 saturated carbocycles. The average Bonchev–Trinajstić information content (AvgIpc) is 2.85. The molecule has 0 radical (unpaired) electrons. The molecule has 2 unspecified atom stereocenters. The van der Waals surface area contributed by atoms with E-state index >= 15 is 0 Å². The Labute approximate surface area is 135 Å². The van der Waals surface area contributed by atoms with Crippen molar-refractivity contribution in [3.63, 3.8) is 0 Å². The highest BCUT2D eigenvalue weighted by Crippen LogP contribution is 2.23. The van der Waals surface area contributed by atoms with Crippen LogP contribution in [0.4, 0.5) is 4.79 Å². The summed E-state index contributed by atoms with van der Waals surface area (Å²) in [4.78, 5) is 36.9. The third-order valence-electron chi connectivity index (χ3n) is 3.82. The van der Waals surface area contributed by atoms with E-state index in [0.717, 1.165) is 10.5 Å². The molecule has 0 aliphatic carbocycles. The second kappa shape index (κ2) is 7.26. The van der Waals surface area contributed by atoms with Crippen LogP contribution in [0.5, 0.6) is 0 Å². The van der Waals surface area contributed by atoms with Crippen LogP contribution in [0.15, 0.2) is 30.3 Å². The summed E-state index contributed by atoms with van der Waals surface area (Å²) < 4.78 is 4.98. The first-order valence-electron chi connectivity index (χ1n) is 7.66. The van der Waals surface area contributed by atoms with Gasteiger partial charge in [0.1, 0.15) is 12.5 Å². The van der Waals surface area contributed by atoms with Crippen LogP contribution in [0.3, 0.4) is 0 Å². The molecule has 1 fully saturated rings. The van der Waals surface area contributed by atoms with Crippen molar-refractivity contribution >= 4 is 18.0 Å². The van der Waals surface area contributed by atoms with Gasteiger partial charge in [-0.3, -0.25) is 9.59 Å². The summed E-state index contributed by atoms with van der Waals surface area (Å²) >= 11 is 0. The van der Waals surface area contributed by atoms with Crippen molar-refractivity contribution in [2.75, 3.05) is 6.61 Å². The monoisotopic (exact) mass is 319 g/mol. The van der Waals surface area contributed by atoms with E-state index in [9.17, 15) is 19.5 Å². The molecule has 1 saturated heterocycles. The van der Waals surface area contributed by atoms with E-state index in [0.29, 0.717) is 6.42 Å². The molecule has 2 atom stereocenters. The summed E-state index contributed by atoms with van der Waals surface area (Å²) in [5, 5.41) is 9.32. The van der Waals surface area contributed by atoms with Gasteiger partial charge >= 0.3 is 12.1 Å². The lowest BCUT2D eigenvalue weighted by atomic mass is 9.95. The Bertz CT molecular complexity index is 584. The lowest BCUT2D eigenvalue weighted by molar-refractivity contribution is -0.150. The van der Waals surface area contributed by atoms with Crippen molar-refractivity contribution in [2.45, 2.75) is 32.7 Å². The minimum absolute atomic E-state index is 0.0336. The molecular weight excluding hydrogens is 298 g/mol. The zero-order valence-corrected chi connectivity index (χ0v) is 13.3. The Balaban J connectivity index is 2.17. The zero-order chi connectivity index (χ0) is 17.0. The summed E-state index contributed by atoms with van der Waals surface area (Å²) in [7, 11) is 0. The molecule has 2 rings (SSSR count). The Morgan fingerprint density at radius 3 is 2.52 bits per heavy atom. The number of benzene rings is 1. The fourth-order valence-electron chi connectivity index (χ4n) is 2.71. The van der Waals surface area contributed by atoms with Gasteiger partial charge in [-0.25, -0.2) is 9.69 Å². The van der Waals surface area contributed by atoms with Gasteiger partial charge in [-0.1, -0.05) is 44.2 Å². The van der Waals surface area contributed by atoms with Gasteiger partial charge in [0.25, 0.3) is 0 Å². The molecule has 1 N–H and O–H groups in total. The number of rotatable bonds is 6. The zero-order valence-electron chi connectivity index (χ0n) is 13.3. The maximum Gasteiger partial charge on any atom is 0.417 e. The average molecular weight is 319 g/mol. The molecule has 1 aromatic rings. The van der Waals surface area contributed by atoms with Gasteiger partial charge in [0, 0.05) is 0 Å². The molecule has 1 aromatic carbocycles. The Hall–Kier alpha value is -2.37. The maximum atomic E-state index is 12.6. The predicted octanol–water partition coefficient (Wildman–Crippen LogP) is 2.32. The first kappa shape index (κ1) is 17.0. The van der Waals surface area contributed by atoms with Crippen LogP contribution >= 0.6 is 0 Å². The lowest BCUT2D eigenvalue weighted by Crippen LogP contribution is -2.46. The normalized spacial score (nSPS) is 18.8. The van der Waals surface area contributed by atoms with Crippen LogP contribution in [0.25, 0.3) is 0 Å². The number of carboxylic acid groups (broad SMARTS) is 1. The number of hydrogen-bond donors (Lipinski definition) is 1. The van der Waals surface area contributed by atoms with Crippen molar-refractivity contribution in [1.29, 1.82) is 0 Å². The second-order valence-electron chi connectivity index (χ2n) is 6.15. The number of carbonyl (C=O) groups excluding carboxylic acids is 2. The van der Waals surface area contributed by atoms with E-state index in [2.05, 4.69) is 0 Å². The summed E-state index contributed by atoms with van der Waals surface area (Å²) in [6.07, 6.45) is -0.117. The Kier molecular flexibility index (Phi) is 5.36. The molecule has 2 amide bonds. The maximum absolute atomic E-state index is 12.6. The number of nitrogens with zero attached hydrogens (tertiary/aromatic N) is 1. The largest absolute Gasteiger partial charge is 0.481 e. The third-order valence-corrected chi connectivity index (χ3v) is 3.82. The number of imide groups is 1. The summed E-state index contributed by atoms with van der Waals surface area (Å²) in [6.45, 7) is 3.77. The Morgan fingerprint density at radius 1 is 1.30 bits per heavy atom. The van der Waals surface area contributed by atoms with Crippen LogP contribution in [-0.4, -0.2) is 40.6 Å². The van der Waals surface area contributed by atoms with Gasteiger partial charge in [0.2, 0.25) is 5.91 Å². The van der Waals surface area contributed by atoms with Crippen molar-refractivity contribution in [3.05, 3.63) is 35.9 Å². The van der Waals surface area contributed by atoms with Crippen LogP contribution in [0.2, 0.25) is 0 Å². The van der Waals surface area contributed by atoms with E-state index < -0.39 is 29.9 Å². The first-order valence-corrected chi connectivity index (χ1v) is 7.66. The quantitative estimate of drug-likeness (QED) is 0.814. The highest BCUT2D eigenvalue weighted by molar-refractivity contribution is 6.04. The van der Waals surface area contributed by atoms with Crippen molar-refractivity contribution in [3.8, 4) is 0 Å². The van der Waals surface area contributed by atoms with Crippen molar-refractivity contribution in [1.82, 2.24) is 4.90 Å². The number of hydrogen-bond acceptors (Lipinski definition) is 4. The van der Waals surface area contributed by atoms with Gasteiger partial charge < -0.3 is 9.84 Å². The molecule has 23 heavy (non-hydrogen) atoms. The topological polar surface area (TPSA) is 83.9 Å². The van der Waals surface area contributed by atoms with E-state index in [4.69, 9.17) is 4.74 Å². The lowest BCUT2D eigenvalue weighted by Gasteiger charge is -2.23. The number of aliphatic carboxylic acids is 1. The number of carboxylic acids is 1. The van der Waals surface area contributed by atoms with E-state index in [1.54, 1.807) is 0 Å². The van der Waals surface area contributed by atoms with Crippen molar-refractivity contribution in [2.24, 2.45) is 11.8 Å². The first-order chi connectivity index (χ1) is 10.9. The molecule has 1 aliphatic rings. The molecule has 0 bridgehead atoms. The van der Waals surface area contributed by atoms with Crippen LogP contribution < -0.4 is 0 Å². The highest BCUT2D eigenvalue weighted by Gasteiger charge is 2.43. The predicted molar refractivity (Wildman–Crippen MR) is 82.7 cm³/mol. The van der Waals surface area contributed by atoms with E-state index in [-0.39, 0.29) is 18.9 Å². The fourth-order valence-corrected chi connectivity index (χ4v) is 2.71. The van der Waals surface area contributed by atoms with E-state index in [1.165, 1.54) is 0 Å². The number of ether oxygens (including phenoxy) is 1. The third kappa shape index (κ3) is 4.09. The van der Waals surface area contributed by atoms with Gasteiger partial charge in [-0.2, -0.15) is 0 Å². The molecule has 1 heterocycles. The summed E-state index contributed by atoms with van der Waals surface area (Å²) in [6, 6.07) is 8.95. The van der Waals surface area contributed by atoms with Gasteiger partial charge in [0.05, 0.1) is 6.04 Å². The van der Waals surface area contributed by atoms with Crippen LogP contribution in [-0.2, 0) is 20.7 Å². The van der Waals surface area contributed by atoms with Gasteiger partial charge in [0.15, 0.2) is 0 Å². The number of carbonyl (C=O) groups is 3. The molecule has 124 valence electrons. The van der Waals surface area contributed by atoms with Gasteiger partial charge in [-0.05, 0) is 24.3 Å². The molecule has 1 aliphatic heterocycles. The Morgan fingerprint density at radius 2 is 1.96 bits per heavy atom. The van der Waals surface area contributed by atoms with E-state index in [1.807, 2.05) is 44.2 Å². The van der Waals surface area contributed by atoms with Crippen LogP contribution in [0.1, 0.15) is 25.8 Å². The minimum atomic E-state index is -1.22. The standard InChI is InChI=1S/C17H21NO5/c1-11(2)8-14(16(20)21)15(19)18-13(10-23-17(18)22)9-12-6-4-3-5-7-12/h3-7,11,13-14H,8-10H2,1-2H3,(H,20,21). The summed E-state index contributed by atoms with van der Waals surface area (Å²) in [5.74, 6) is -3.08. The number of cyclic esters (lactones) is 1. The number of amides is 2. The highest BCUT2D eigenvalue weighted by atomic mass is 16.6. The molecule has 6 heteroatoms. The van der Waals surface area contributed by atoms with Crippen LogP contribution in [0, 0.1) is 11.8 Å². The SMILES string of the molecule is CC(C)CC(C(=O)O)C(=O)N1C(=O)OCC1Cc1ccccc1. The van der Waals surface area contributed by atoms with Crippen molar-refractivity contribution < 1.29 is 24.2 Å². The van der Waals surface area contributed by atoms with Gasteiger partial charge in [-0.15, -0.1) is 0 Å². The summed E-state index contributed by atoms with van der Waals surface area (Å²) in [5.41, 5.74) is 0.962. The molecular formula is C17H21NO5. The molecule has 6 nitrogen and oxygen atoms in total. The second-order valence-corrected chi connectivity index (χ2v) is 6.15. The molecule has 0 aromatic heterocycles. The molecule has 0 spiro atoms.